The van der Waals surface area contributed by atoms with E-state index in [1.807, 2.05) is 0 Å². The van der Waals surface area contributed by atoms with E-state index in [-0.39, 0.29) is 24.4 Å². The molecule has 0 N–H and O–H groups in total. The van der Waals surface area contributed by atoms with Gasteiger partial charge in [0.15, 0.2) is 12.4 Å². The second kappa shape index (κ2) is 7.53. The van der Waals surface area contributed by atoms with Gasteiger partial charge in [-0.3, -0.25) is 9.69 Å². The van der Waals surface area contributed by atoms with E-state index in [4.69, 9.17) is 9.26 Å². The number of aromatic nitrogens is 2. The van der Waals surface area contributed by atoms with Crippen molar-refractivity contribution in [1.29, 1.82) is 0 Å². The number of nitrogens with zero attached hydrogens (tertiary/aromatic N) is 3. The van der Waals surface area contributed by atoms with Crippen LogP contribution in [0, 0.1) is 12.7 Å². The Labute approximate surface area is 139 Å². The van der Waals surface area contributed by atoms with E-state index in [2.05, 4.69) is 15.0 Å². The summed E-state index contributed by atoms with van der Waals surface area (Å²) in [6.07, 6.45) is 2.77. The van der Waals surface area contributed by atoms with Crippen LogP contribution in [0.2, 0.25) is 0 Å². The fourth-order valence-corrected chi connectivity index (χ4v) is 2.90. The number of carbonyl (C=O) groups excluding carboxylic acids is 1. The molecule has 0 radical (unpaired) electrons. The first-order valence-corrected chi connectivity index (χ1v) is 8.06. The molecule has 0 spiro atoms. The molecule has 0 amide bonds. The molecule has 1 aromatic heterocycles. The molecule has 0 unspecified atom stereocenters. The summed E-state index contributed by atoms with van der Waals surface area (Å²) in [7, 11) is 0. The van der Waals surface area contributed by atoms with Gasteiger partial charge >= 0.3 is 5.97 Å². The van der Waals surface area contributed by atoms with E-state index in [1.165, 1.54) is 12.1 Å². The van der Waals surface area contributed by atoms with Crippen LogP contribution in [0.15, 0.2) is 28.8 Å². The van der Waals surface area contributed by atoms with Crippen molar-refractivity contribution in [2.45, 2.75) is 45.4 Å². The quantitative estimate of drug-likeness (QED) is 0.784. The zero-order valence-corrected chi connectivity index (χ0v) is 13.6. The Morgan fingerprint density at radius 2 is 2.17 bits per heavy atom. The Balaban J connectivity index is 1.60. The van der Waals surface area contributed by atoms with Crippen molar-refractivity contribution in [3.63, 3.8) is 0 Å². The maximum absolute atomic E-state index is 13.0. The van der Waals surface area contributed by atoms with Gasteiger partial charge in [0.25, 0.3) is 5.89 Å². The van der Waals surface area contributed by atoms with E-state index in [1.54, 1.807) is 19.1 Å². The Hall–Kier alpha value is -2.28. The van der Waals surface area contributed by atoms with Gasteiger partial charge in [-0.1, -0.05) is 23.7 Å². The summed E-state index contributed by atoms with van der Waals surface area (Å²) in [5.74, 6) is 0.259. The highest BCUT2D eigenvalue weighted by Gasteiger charge is 2.30. The first kappa shape index (κ1) is 16.6. The number of aryl methyl sites for hydroxylation is 1. The van der Waals surface area contributed by atoms with Gasteiger partial charge in [0.1, 0.15) is 11.9 Å². The third-order valence-electron chi connectivity index (χ3n) is 4.09. The van der Waals surface area contributed by atoms with Crippen molar-refractivity contribution in [2.75, 3.05) is 6.54 Å². The third-order valence-corrected chi connectivity index (χ3v) is 4.09. The monoisotopic (exact) mass is 333 g/mol. The molecule has 6 nitrogen and oxygen atoms in total. The molecule has 0 aliphatic carbocycles. The summed E-state index contributed by atoms with van der Waals surface area (Å²) in [6, 6.07) is 6.06. The lowest BCUT2D eigenvalue weighted by Gasteiger charge is -2.33. The highest BCUT2D eigenvalue weighted by atomic mass is 19.1. The molecule has 3 rings (SSSR count). The van der Waals surface area contributed by atoms with Crippen LogP contribution in [0.1, 0.15) is 36.5 Å². The number of halogens is 1. The molecule has 2 aromatic rings. The highest BCUT2D eigenvalue weighted by molar-refractivity contribution is 5.75. The van der Waals surface area contributed by atoms with Gasteiger partial charge in [-0.05, 0) is 44.0 Å². The fourth-order valence-electron chi connectivity index (χ4n) is 2.90. The number of carbonyl (C=O) groups is 1. The number of hydrogen-bond donors (Lipinski definition) is 0. The van der Waals surface area contributed by atoms with Gasteiger partial charge < -0.3 is 9.26 Å². The second-order valence-corrected chi connectivity index (χ2v) is 5.95. The van der Waals surface area contributed by atoms with Crippen molar-refractivity contribution < 1.29 is 18.4 Å². The van der Waals surface area contributed by atoms with E-state index < -0.39 is 0 Å². The molecule has 1 aromatic carbocycles. The highest BCUT2D eigenvalue weighted by Crippen LogP contribution is 2.21. The lowest BCUT2D eigenvalue weighted by atomic mass is 10.0. The molecule has 1 aliphatic heterocycles. The molecule has 1 atom stereocenters. The third kappa shape index (κ3) is 4.17. The van der Waals surface area contributed by atoms with Crippen LogP contribution in [-0.2, 0) is 22.7 Å². The normalized spacial score (nSPS) is 18.5. The van der Waals surface area contributed by atoms with E-state index in [0.29, 0.717) is 18.3 Å². The SMILES string of the molecule is Cc1noc(COC(=O)[C@H]2CCCCN2Cc2ccc(F)cc2)n1. The molecular formula is C17H20FN3O3. The standard InChI is InChI=1S/C17H20FN3O3/c1-12-19-16(24-20-12)11-23-17(22)15-4-2-3-9-21(15)10-13-5-7-14(18)8-6-13/h5-8,15H,2-4,9-11H2,1H3/t15-/m1/s1. The minimum atomic E-state index is -0.298. The van der Waals surface area contributed by atoms with Crippen LogP contribution >= 0.6 is 0 Å². The average molecular weight is 333 g/mol. The Morgan fingerprint density at radius 3 is 2.88 bits per heavy atom. The number of piperidine rings is 1. The van der Waals surface area contributed by atoms with Crippen LogP contribution in [0.3, 0.4) is 0 Å². The molecule has 7 heteroatoms. The van der Waals surface area contributed by atoms with Crippen LogP contribution in [-0.4, -0.2) is 33.6 Å². The lowest BCUT2D eigenvalue weighted by molar-refractivity contribution is -0.153. The van der Waals surface area contributed by atoms with Gasteiger partial charge in [0.2, 0.25) is 0 Å². The van der Waals surface area contributed by atoms with Gasteiger partial charge in [-0.25, -0.2) is 4.39 Å². The molecule has 2 heterocycles. The van der Waals surface area contributed by atoms with Crippen LogP contribution in [0.25, 0.3) is 0 Å². The van der Waals surface area contributed by atoms with Crippen LogP contribution < -0.4 is 0 Å². The summed E-state index contributed by atoms with van der Waals surface area (Å²) in [6.45, 7) is 3.11. The minimum Gasteiger partial charge on any atom is -0.454 e. The molecule has 1 saturated heterocycles. The Bertz CT molecular complexity index is 687. The maximum Gasteiger partial charge on any atom is 0.323 e. The molecule has 128 valence electrons. The number of esters is 1. The average Bonchev–Trinajstić information content (AvgIpc) is 3.01. The number of rotatable bonds is 5. The maximum atomic E-state index is 13.0. The summed E-state index contributed by atoms with van der Waals surface area (Å²) >= 11 is 0. The van der Waals surface area contributed by atoms with Crippen molar-refractivity contribution in [1.82, 2.24) is 15.0 Å². The molecule has 1 aliphatic rings. The zero-order valence-electron chi connectivity index (χ0n) is 13.6. The lowest BCUT2D eigenvalue weighted by Crippen LogP contribution is -2.44. The van der Waals surface area contributed by atoms with Crippen molar-refractivity contribution in [3.8, 4) is 0 Å². The van der Waals surface area contributed by atoms with Gasteiger partial charge in [-0.2, -0.15) is 4.98 Å². The molecule has 24 heavy (non-hydrogen) atoms. The molecule has 1 fully saturated rings. The second-order valence-electron chi connectivity index (χ2n) is 5.95. The van der Waals surface area contributed by atoms with E-state index >= 15 is 0 Å². The first-order chi connectivity index (χ1) is 11.6. The largest absolute Gasteiger partial charge is 0.454 e. The molecule has 0 saturated carbocycles. The van der Waals surface area contributed by atoms with E-state index in [0.717, 1.165) is 31.4 Å². The summed E-state index contributed by atoms with van der Waals surface area (Å²) < 4.78 is 23.3. The topological polar surface area (TPSA) is 68.5 Å². The van der Waals surface area contributed by atoms with Gasteiger partial charge in [-0.15, -0.1) is 0 Å². The number of benzene rings is 1. The summed E-state index contributed by atoms with van der Waals surface area (Å²) in [4.78, 5) is 18.5. The van der Waals surface area contributed by atoms with Crippen molar-refractivity contribution >= 4 is 5.97 Å². The summed E-state index contributed by atoms with van der Waals surface area (Å²) in [5, 5.41) is 3.67. The number of ether oxygens (including phenoxy) is 1. The number of likely N-dealkylation sites (tertiary alicyclic amines) is 1. The summed E-state index contributed by atoms with van der Waals surface area (Å²) in [5.41, 5.74) is 0.976. The Morgan fingerprint density at radius 1 is 1.38 bits per heavy atom. The molecular weight excluding hydrogens is 313 g/mol. The Kier molecular flexibility index (Phi) is 5.20. The first-order valence-electron chi connectivity index (χ1n) is 8.06. The fraction of sp³-hybridized carbons (Fsp3) is 0.471. The zero-order chi connectivity index (χ0) is 16.9. The predicted molar refractivity (Wildman–Crippen MR) is 83.3 cm³/mol. The smallest absolute Gasteiger partial charge is 0.323 e. The van der Waals surface area contributed by atoms with Gasteiger partial charge in [0.05, 0.1) is 0 Å². The van der Waals surface area contributed by atoms with Crippen molar-refractivity contribution in [2.24, 2.45) is 0 Å². The van der Waals surface area contributed by atoms with Crippen molar-refractivity contribution in [3.05, 3.63) is 47.4 Å². The predicted octanol–water partition coefficient (Wildman–Crippen LogP) is 2.62. The van der Waals surface area contributed by atoms with Crippen LogP contribution in [0.5, 0.6) is 0 Å². The van der Waals surface area contributed by atoms with E-state index in [9.17, 15) is 9.18 Å². The number of hydrogen-bond acceptors (Lipinski definition) is 6. The van der Waals surface area contributed by atoms with Crippen LogP contribution in [0.4, 0.5) is 4.39 Å². The minimum absolute atomic E-state index is 0.0133. The molecule has 0 bridgehead atoms. The van der Waals surface area contributed by atoms with Gasteiger partial charge in [0, 0.05) is 6.54 Å².